The van der Waals surface area contributed by atoms with E-state index in [0.717, 1.165) is 23.2 Å². The number of ether oxygens (including phenoxy) is 1. The summed E-state index contributed by atoms with van der Waals surface area (Å²) in [5.41, 5.74) is 4.97. The average Bonchev–Trinajstić information content (AvgIpc) is 2.83. The maximum absolute atomic E-state index is 12.3. The van der Waals surface area contributed by atoms with Gasteiger partial charge in [0.25, 0.3) is 0 Å². The predicted molar refractivity (Wildman–Crippen MR) is 84.6 cm³/mol. The number of carbonyl (C=O) groups is 1. The molecular formula is C18H23NO2. The third-order valence-electron chi connectivity index (χ3n) is 3.76. The first-order valence-electron chi connectivity index (χ1n) is 7.47. The third kappa shape index (κ3) is 3.35. The molecule has 21 heavy (non-hydrogen) atoms. The number of benzene rings is 1. The van der Waals surface area contributed by atoms with E-state index in [1.54, 1.807) is 0 Å². The lowest BCUT2D eigenvalue weighted by Crippen LogP contribution is -2.07. The summed E-state index contributed by atoms with van der Waals surface area (Å²) in [6.45, 7) is 8.66. The molecule has 0 spiro atoms. The molecule has 0 aliphatic carbocycles. The van der Waals surface area contributed by atoms with Gasteiger partial charge < -0.3 is 9.72 Å². The van der Waals surface area contributed by atoms with Gasteiger partial charge >= 0.3 is 5.97 Å². The van der Waals surface area contributed by atoms with Crippen LogP contribution in [0, 0.1) is 6.92 Å². The first kappa shape index (κ1) is 15.4. The Kier molecular flexibility index (Phi) is 4.84. The summed E-state index contributed by atoms with van der Waals surface area (Å²) >= 11 is 0. The first-order valence-corrected chi connectivity index (χ1v) is 7.47. The number of nitrogens with one attached hydrogen (secondary N) is 1. The number of hydrogen-bond donors (Lipinski definition) is 1. The highest BCUT2D eigenvalue weighted by Gasteiger charge is 2.20. The molecule has 0 unspecified atom stereocenters. The van der Waals surface area contributed by atoms with Crippen LogP contribution < -0.4 is 0 Å². The zero-order valence-electron chi connectivity index (χ0n) is 13.2. The Hall–Kier alpha value is -2.03. The van der Waals surface area contributed by atoms with E-state index in [4.69, 9.17) is 4.74 Å². The molecular weight excluding hydrogens is 262 g/mol. The number of hydrogen-bond acceptors (Lipinski definition) is 2. The molecule has 0 fully saturated rings. The number of esters is 1. The Morgan fingerprint density at radius 2 is 1.90 bits per heavy atom. The second-order valence-corrected chi connectivity index (χ2v) is 5.59. The van der Waals surface area contributed by atoms with E-state index in [-0.39, 0.29) is 5.97 Å². The second-order valence-electron chi connectivity index (χ2n) is 5.59. The van der Waals surface area contributed by atoms with Crippen molar-refractivity contribution in [3.05, 3.63) is 58.4 Å². The summed E-state index contributed by atoms with van der Waals surface area (Å²) in [5.74, 6) is 0.0901. The fourth-order valence-electron chi connectivity index (χ4n) is 2.60. The Labute approximate surface area is 126 Å². The zero-order valence-corrected chi connectivity index (χ0v) is 13.2. The van der Waals surface area contributed by atoms with Crippen LogP contribution in [0.4, 0.5) is 0 Å². The summed E-state index contributed by atoms with van der Waals surface area (Å²) in [6, 6.07) is 9.73. The van der Waals surface area contributed by atoms with Crippen LogP contribution in [-0.2, 0) is 17.8 Å². The lowest BCUT2D eigenvalue weighted by atomic mass is 10.0. The van der Waals surface area contributed by atoms with Gasteiger partial charge in [0.1, 0.15) is 12.3 Å². The van der Waals surface area contributed by atoms with Gasteiger partial charge in [-0.05, 0) is 36.0 Å². The van der Waals surface area contributed by atoms with Crippen molar-refractivity contribution in [3.63, 3.8) is 0 Å². The highest BCUT2D eigenvalue weighted by molar-refractivity contribution is 5.89. The summed E-state index contributed by atoms with van der Waals surface area (Å²) in [4.78, 5) is 15.6. The summed E-state index contributed by atoms with van der Waals surface area (Å²) < 4.78 is 5.42. The normalized spacial score (nSPS) is 10.9. The topological polar surface area (TPSA) is 42.1 Å². The molecule has 1 aromatic carbocycles. The van der Waals surface area contributed by atoms with Gasteiger partial charge in [-0.15, -0.1) is 0 Å². The molecule has 0 bridgehead atoms. The van der Waals surface area contributed by atoms with Crippen LogP contribution in [0.15, 0.2) is 30.3 Å². The molecule has 1 N–H and O–H groups in total. The Morgan fingerprint density at radius 3 is 2.43 bits per heavy atom. The number of aromatic amines is 1. The van der Waals surface area contributed by atoms with E-state index in [0.29, 0.717) is 18.2 Å². The van der Waals surface area contributed by atoms with Crippen molar-refractivity contribution >= 4 is 5.97 Å². The van der Waals surface area contributed by atoms with Gasteiger partial charge in [-0.1, -0.05) is 51.1 Å². The number of rotatable bonds is 5. The molecule has 2 rings (SSSR count). The minimum Gasteiger partial charge on any atom is -0.456 e. The van der Waals surface area contributed by atoms with E-state index in [1.807, 2.05) is 37.3 Å². The van der Waals surface area contributed by atoms with Crippen LogP contribution in [0.3, 0.4) is 0 Å². The minimum atomic E-state index is -0.280. The minimum absolute atomic E-state index is 0.280. The van der Waals surface area contributed by atoms with Gasteiger partial charge in [0, 0.05) is 5.69 Å². The lowest BCUT2D eigenvalue weighted by Gasteiger charge is -2.05. The van der Waals surface area contributed by atoms with Crippen molar-refractivity contribution in [1.82, 2.24) is 4.98 Å². The van der Waals surface area contributed by atoms with Crippen LogP contribution in [0.1, 0.15) is 59.6 Å². The van der Waals surface area contributed by atoms with E-state index in [9.17, 15) is 4.79 Å². The predicted octanol–water partition coefficient (Wildman–Crippen LogP) is 4.37. The van der Waals surface area contributed by atoms with Crippen molar-refractivity contribution in [3.8, 4) is 0 Å². The van der Waals surface area contributed by atoms with Crippen LogP contribution >= 0.6 is 0 Å². The fraction of sp³-hybridized carbons (Fsp3) is 0.389. The van der Waals surface area contributed by atoms with Gasteiger partial charge in [0.2, 0.25) is 0 Å². The monoisotopic (exact) mass is 285 g/mol. The standard InChI is InChI=1S/C18H23NO2/c1-5-15-13(4)17(19-16(15)12(2)3)18(20)21-11-14-9-7-6-8-10-14/h6-10,12,19H,5,11H2,1-4H3. The summed E-state index contributed by atoms with van der Waals surface area (Å²) in [5, 5.41) is 0. The van der Waals surface area contributed by atoms with E-state index >= 15 is 0 Å². The molecule has 0 aliphatic rings. The number of carbonyl (C=O) groups excluding carboxylic acids is 1. The smallest absolute Gasteiger partial charge is 0.355 e. The SMILES string of the molecule is CCc1c(C(C)C)[nH]c(C(=O)OCc2ccccc2)c1C. The largest absolute Gasteiger partial charge is 0.456 e. The Bertz CT molecular complexity index is 612. The van der Waals surface area contributed by atoms with E-state index < -0.39 is 0 Å². The Morgan fingerprint density at radius 1 is 1.24 bits per heavy atom. The lowest BCUT2D eigenvalue weighted by molar-refractivity contribution is 0.0465. The molecule has 0 saturated carbocycles. The van der Waals surface area contributed by atoms with Crippen LogP contribution in [-0.4, -0.2) is 11.0 Å². The molecule has 0 aliphatic heterocycles. The van der Waals surface area contributed by atoms with Crippen molar-refractivity contribution in [1.29, 1.82) is 0 Å². The zero-order chi connectivity index (χ0) is 15.4. The number of aromatic nitrogens is 1. The molecule has 0 amide bonds. The maximum atomic E-state index is 12.3. The molecule has 1 aromatic heterocycles. The van der Waals surface area contributed by atoms with Gasteiger partial charge in [-0.25, -0.2) is 4.79 Å². The highest BCUT2D eigenvalue weighted by Crippen LogP contribution is 2.25. The molecule has 0 atom stereocenters. The van der Waals surface area contributed by atoms with Crippen LogP contribution in [0.2, 0.25) is 0 Å². The summed E-state index contributed by atoms with van der Waals surface area (Å²) in [6.07, 6.45) is 0.918. The molecule has 3 heteroatoms. The van der Waals surface area contributed by atoms with Crippen LogP contribution in [0.25, 0.3) is 0 Å². The Balaban J connectivity index is 2.16. The van der Waals surface area contributed by atoms with Gasteiger partial charge in [0.05, 0.1) is 0 Å². The van der Waals surface area contributed by atoms with Crippen LogP contribution in [0.5, 0.6) is 0 Å². The van der Waals surface area contributed by atoms with Gasteiger partial charge in [0.15, 0.2) is 0 Å². The maximum Gasteiger partial charge on any atom is 0.355 e. The van der Waals surface area contributed by atoms with Gasteiger partial charge in [-0.2, -0.15) is 0 Å². The molecule has 112 valence electrons. The average molecular weight is 285 g/mol. The molecule has 0 saturated heterocycles. The molecule has 1 heterocycles. The fourth-order valence-corrected chi connectivity index (χ4v) is 2.60. The quantitative estimate of drug-likeness (QED) is 0.829. The molecule has 0 radical (unpaired) electrons. The van der Waals surface area contributed by atoms with Gasteiger partial charge in [-0.3, -0.25) is 0 Å². The van der Waals surface area contributed by atoms with E-state index in [2.05, 4.69) is 25.8 Å². The highest BCUT2D eigenvalue weighted by atomic mass is 16.5. The summed E-state index contributed by atoms with van der Waals surface area (Å²) in [7, 11) is 0. The van der Waals surface area contributed by atoms with Crippen molar-refractivity contribution < 1.29 is 9.53 Å². The van der Waals surface area contributed by atoms with Crippen molar-refractivity contribution in [2.75, 3.05) is 0 Å². The van der Waals surface area contributed by atoms with Crippen molar-refractivity contribution in [2.24, 2.45) is 0 Å². The molecule has 2 aromatic rings. The first-order chi connectivity index (χ1) is 10.0. The second kappa shape index (κ2) is 6.61. The third-order valence-corrected chi connectivity index (χ3v) is 3.76. The van der Waals surface area contributed by atoms with E-state index in [1.165, 1.54) is 5.56 Å². The van der Waals surface area contributed by atoms with Crippen molar-refractivity contribution in [2.45, 2.75) is 46.6 Å². The molecule has 3 nitrogen and oxygen atoms in total. The number of H-pyrrole nitrogens is 1.